The molecule has 0 saturated heterocycles. The minimum atomic E-state index is 0.832. The highest BCUT2D eigenvalue weighted by Crippen LogP contribution is 2.26. The van der Waals surface area contributed by atoms with Crippen LogP contribution in [0.3, 0.4) is 0 Å². The average Bonchev–Trinajstić information content (AvgIpc) is 3.18. The van der Waals surface area contributed by atoms with Gasteiger partial charge in [-0.1, -0.05) is 18.2 Å². The molecule has 1 aliphatic carbocycles. The Kier molecular flexibility index (Phi) is 3.13. The first-order valence-electron chi connectivity index (χ1n) is 7.03. The molecule has 0 radical (unpaired) electrons. The Bertz CT molecular complexity index is 549. The van der Waals surface area contributed by atoms with E-state index >= 15 is 0 Å². The Hall–Kier alpha value is -1.28. The van der Waals surface area contributed by atoms with Crippen molar-refractivity contribution >= 4 is 10.9 Å². The number of nitrogens with zero attached hydrogens (tertiary/aromatic N) is 1. The molecule has 1 fully saturated rings. The van der Waals surface area contributed by atoms with Crippen molar-refractivity contribution in [1.29, 1.82) is 0 Å². The van der Waals surface area contributed by atoms with Crippen LogP contribution in [0.15, 0.2) is 24.3 Å². The summed E-state index contributed by atoms with van der Waals surface area (Å²) in [6, 6.07) is 9.58. The van der Waals surface area contributed by atoms with Crippen LogP contribution in [0.4, 0.5) is 0 Å². The van der Waals surface area contributed by atoms with E-state index in [1.54, 1.807) is 0 Å². The Balaban J connectivity index is 1.75. The third kappa shape index (κ3) is 2.17. The monoisotopic (exact) mass is 242 g/mol. The lowest BCUT2D eigenvalue weighted by atomic mass is 10.1. The standard InChI is InChI=1S/C16H22N2/c1-12-14(7-5-11-17-13-9-10-13)15-6-3-4-8-16(15)18(12)2/h3-4,6,8,13,17H,5,7,9-11H2,1-2H3. The van der Waals surface area contributed by atoms with Crippen molar-refractivity contribution in [1.82, 2.24) is 9.88 Å². The summed E-state index contributed by atoms with van der Waals surface area (Å²) in [5, 5.41) is 5.03. The van der Waals surface area contributed by atoms with Gasteiger partial charge in [-0.3, -0.25) is 0 Å². The molecule has 0 bridgehead atoms. The Labute approximate surface area is 109 Å². The van der Waals surface area contributed by atoms with Gasteiger partial charge >= 0.3 is 0 Å². The highest BCUT2D eigenvalue weighted by atomic mass is 15.0. The second kappa shape index (κ2) is 4.77. The number of aromatic nitrogens is 1. The maximum absolute atomic E-state index is 3.59. The maximum Gasteiger partial charge on any atom is 0.0482 e. The maximum atomic E-state index is 3.59. The second-order valence-electron chi connectivity index (χ2n) is 5.47. The predicted molar refractivity (Wildman–Crippen MR) is 77.0 cm³/mol. The molecular weight excluding hydrogens is 220 g/mol. The number of hydrogen-bond donors (Lipinski definition) is 1. The third-order valence-corrected chi connectivity index (χ3v) is 4.14. The molecule has 1 aliphatic rings. The van der Waals surface area contributed by atoms with E-state index in [0.29, 0.717) is 0 Å². The lowest BCUT2D eigenvalue weighted by Crippen LogP contribution is -2.17. The van der Waals surface area contributed by atoms with E-state index in [4.69, 9.17) is 0 Å². The summed E-state index contributed by atoms with van der Waals surface area (Å²) in [5.74, 6) is 0. The number of rotatable bonds is 5. The van der Waals surface area contributed by atoms with Gasteiger partial charge < -0.3 is 9.88 Å². The van der Waals surface area contributed by atoms with Crippen molar-refractivity contribution < 1.29 is 0 Å². The van der Waals surface area contributed by atoms with Gasteiger partial charge in [0.1, 0.15) is 0 Å². The summed E-state index contributed by atoms with van der Waals surface area (Å²) >= 11 is 0. The zero-order valence-electron chi connectivity index (χ0n) is 11.4. The second-order valence-corrected chi connectivity index (χ2v) is 5.47. The van der Waals surface area contributed by atoms with Gasteiger partial charge in [0.25, 0.3) is 0 Å². The predicted octanol–water partition coefficient (Wildman–Crippen LogP) is 3.17. The molecule has 18 heavy (non-hydrogen) atoms. The lowest BCUT2D eigenvalue weighted by Gasteiger charge is -2.04. The highest BCUT2D eigenvalue weighted by Gasteiger charge is 2.19. The number of benzene rings is 1. The fourth-order valence-electron chi connectivity index (χ4n) is 2.77. The molecule has 1 heterocycles. The molecule has 2 heteroatoms. The van der Waals surface area contributed by atoms with Crippen molar-refractivity contribution in [3.8, 4) is 0 Å². The first-order valence-corrected chi connectivity index (χ1v) is 7.03. The van der Waals surface area contributed by atoms with Gasteiger partial charge in [-0.25, -0.2) is 0 Å². The summed E-state index contributed by atoms with van der Waals surface area (Å²) in [6.07, 6.45) is 5.19. The molecule has 2 nitrogen and oxygen atoms in total. The Morgan fingerprint density at radius 2 is 2.06 bits per heavy atom. The van der Waals surface area contributed by atoms with Crippen molar-refractivity contribution in [3.63, 3.8) is 0 Å². The molecule has 1 saturated carbocycles. The molecule has 2 aromatic rings. The Morgan fingerprint density at radius 3 is 2.83 bits per heavy atom. The summed E-state index contributed by atoms with van der Waals surface area (Å²) in [7, 11) is 2.17. The molecule has 0 amide bonds. The van der Waals surface area contributed by atoms with E-state index in [9.17, 15) is 0 Å². The van der Waals surface area contributed by atoms with E-state index in [-0.39, 0.29) is 0 Å². The SMILES string of the molecule is Cc1c(CCCNC2CC2)c2ccccc2n1C. The van der Waals surface area contributed by atoms with Crippen LogP contribution in [0.2, 0.25) is 0 Å². The normalized spacial score (nSPS) is 15.4. The molecule has 1 aromatic heterocycles. The summed E-state index contributed by atoms with van der Waals surface area (Å²) in [5.41, 5.74) is 4.31. The van der Waals surface area contributed by atoms with Gasteiger partial charge in [-0.2, -0.15) is 0 Å². The largest absolute Gasteiger partial charge is 0.348 e. The number of para-hydroxylation sites is 1. The molecule has 0 spiro atoms. The van der Waals surface area contributed by atoms with E-state index in [1.807, 2.05) is 0 Å². The van der Waals surface area contributed by atoms with Gasteiger partial charge in [-0.05, 0) is 50.8 Å². The van der Waals surface area contributed by atoms with Crippen LogP contribution < -0.4 is 5.32 Å². The zero-order chi connectivity index (χ0) is 12.5. The van der Waals surface area contributed by atoms with E-state index in [1.165, 1.54) is 47.8 Å². The van der Waals surface area contributed by atoms with Crippen LogP contribution in [0.25, 0.3) is 10.9 Å². The summed E-state index contributed by atoms with van der Waals surface area (Å²) in [6.45, 7) is 3.40. The topological polar surface area (TPSA) is 17.0 Å². The Morgan fingerprint density at radius 1 is 1.28 bits per heavy atom. The molecular formula is C16H22N2. The van der Waals surface area contributed by atoms with E-state index in [2.05, 4.69) is 48.1 Å². The average molecular weight is 242 g/mol. The zero-order valence-corrected chi connectivity index (χ0v) is 11.4. The minimum Gasteiger partial charge on any atom is -0.348 e. The molecule has 0 atom stereocenters. The van der Waals surface area contributed by atoms with Crippen LogP contribution in [0, 0.1) is 6.92 Å². The fourth-order valence-corrected chi connectivity index (χ4v) is 2.77. The number of fused-ring (bicyclic) bond motifs is 1. The van der Waals surface area contributed by atoms with Crippen LogP contribution in [0.5, 0.6) is 0 Å². The van der Waals surface area contributed by atoms with E-state index in [0.717, 1.165) is 12.6 Å². The van der Waals surface area contributed by atoms with Crippen molar-refractivity contribution in [2.45, 2.75) is 38.6 Å². The first-order chi connectivity index (χ1) is 8.77. The van der Waals surface area contributed by atoms with Gasteiger partial charge in [0, 0.05) is 29.7 Å². The lowest BCUT2D eigenvalue weighted by molar-refractivity contribution is 0.645. The van der Waals surface area contributed by atoms with E-state index < -0.39 is 0 Å². The molecule has 1 N–H and O–H groups in total. The molecule has 96 valence electrons. The number of nitrogens with one attached hydrogen (secondary N) is 1. The number of hydrogen-bond acceptors (Lipinski definition) is 1. The van der Waals surface area contributed by atoms with Crippen molar-refractivity contribution in [2.75, 3.05) is 6.54 Å². The van der Waals surface area contributed by atoms with Crippen LogP contribution >= 0.6 is 0 Å². The highest BCUT2D eigenvalue weighted by molar-refractivity contribution is 5.85. The quantitative estimate of drug-likeness (QED) is 0.797. The van der Waals surface area contributed by atoms with Gasteiger partial charge in [0.2, 0.25) is 0 Å². The summed E-state index contributed by atoms with van der Waals surface area (Å²) in [4.78, 5) is 0. The number of aryl methyl sites for hydroxylation is 2. The molecule has 3 rings (SSSR count). The van der Waals surface area contributed by atoms with Crippen LogP contribution in [-0.2, 0) is 13.5 Å². The summed E-state index contributed by atoms with van der Waals surface area (Å²) < 4.78 is 2.32. The smallest absolute Gasteiger partial charge is 0.0482 e. The third-order valence-electron chi connectivity index (χ3n) is 4.14. The molecule has 0 aliphatic heterocycles. The van der Waals surface area contributed by atoms with Crippen molar-refractivity contribution in [3.05, 3.63) is 35.5 Å². The van der Waals surface area contributed by atoms with Crippen molar-refractivity contribution in [2.24, 2.45) is 7.05 Å². The van der Waals surface area contributed by atoms with Crippen LogP contribution in [0.1, 0.15) is 30.5 Å². The minimum absolute atomic E-state index is 0.832. The van der Waals surface area contributed by atoms with Crippen LogP contribution in [-0.4, -0.2) is 17.2 Å². The van der Waals surface area contributed by atoms with Gasteiger partial charge in [-0.15, -0.1) is 0 Å². The first kappa shape index (κ1) is 11.8. The molecule has 1 aromatic carbocycles. The van der Waals surface area contributed by atoms with Gasteiger partial charge in [0.05, 0.1) is 0 Å². The van der Waals surface area contributed by atoms with Gasteiger partial charge in [0.15, 0.2) is 0 Å². The fraction of sp³-hybridized carbons (Fsp3) is 0.500. The molecule has 0 unspecified atom stereocenters.